The first-order valence-corrected chi connectivity index (χ1v) is 7.30. The number of aromatic nitrogens is 1. The highest BCUT2D eigenvalue weighted by Gasteiger charge is 2.24. The first-order chi connectivity index (χ1) is 10.6. The van der Waals surface area contributed by atoms with E-state index in [1.165, 1.54) is 12.4 Å². The summed E-state index contributed by atoms with van der Waals surface area (Å²) in [6, 6.07) is 3.40. The Kier molecular flexibility index (Phi) is 4.09. The summed E-state index contributed by atoms with van der Waals surface area (Å²) in [4.78, 5) is 16.4. The molecular weight excluding hydrogens is 327 g/mol. The largest absolute Gasteiger partial charge is 0.493 e. The predicted octanol–water partition coefficient (Wildman–Crippen LogP) is 3.58. The number of hydrogen-bond donors (Lipinski definition) is 1. The molecule has 7 heteroatoms. The Morgan fingerprint density at radius 1 is 1.32 bits per heavy atom. The van der Waals surface area contributed by atoms with Gasteiger partial charge in [0.1, 0.15) is 0 Å². The van der Waals surface area contributed by atoms with Gasteiger partial charge in [-0.1, -0.05) is 23.2 Å². The lowest BCUT2D eigenvalue weighted by Gasteiger charge is -2.12. The van der Waals surface area contributed by atoms with Crippen molar-refractivity contribution in [1.29, 1.82) is 0 Å². The monoisotopic (exact) mass is 338 g/mol. The lowest BCUT2D eigenvalue weighted by atomic mass is 10.0. The van der Waals surface area contributed by atoms with Gasteiger partial charge in [0.05, 0.1) is 29.4 Å². The number of halogens is 2. The van der Waals surface area contributed by atoms with Gasteiger partial charge >= 0.3 is 0 Å². The molecule has 1 aromatic carbocycles. The summed E-state index contributed by atoms with van der Waals surface area (Å²) in [5.41, 5.74) is 1.67. The molecule has 0 fully saturated rings. The van der Waals surface area contributed by atoms with Gasteiger partial charge in [-0.25, -0.2) is 0 Å². The Hall–Kier alpha value is -1.98. The van der Waals surface area contributed by atoms with E-state index in [9.17, 15) is 4.79 Å². The molecule has 114 valence electrons. The molecule has 1 amide bonds. The molecule has 0 atom stereocenters. The van der Waals surface area contributed by atoms with Crippen LogP contribution in [0.2, 0.25) is 10.0 Å². The van der Waals surface area contributed by atoms with Crippen LogP contribution < -0.4 is 14.8 Å². The van der Waals surface area contributed by atoms with E-state index in [4.69, 9.17) is 32.7 Å². The van der Waals surface area contributed by atoms with Gasteiger partial charge in [0.15, 0.2) is 11.5 Å². The van der Waals surface area contributed by atoms with E-state index < -0.39 is 0 Å². The third-order valence-electron chi connectivity index (χ3n) is 3.38. The minimum Gasteiger partial charge on any atom is -0.493 e. The number of fused-ring (bicyclic) bond motifs is 1. The number of rotatable bonds is 3. The fourth-order valence-corrected chi connectivity index (χ4v) is 2.81. The number of hydrogen-bond acceptors (Lipinski definition) is 4. The number of amides is 1. The molecule has 2 aromatic rings. The summed E-state index contributed by atoms with van der Waals surface area (Å²) in [7, 11) is 1.56. The van der Waals surface area contributed by atoms with E-state index in [1.807, 2.05) is 0 Å². The Bertz CT molecular complexity index is 730. The van der Waals surface area contributed by atoms with Gasteiger partial charge in [0.25, 0.3) is 5.91 Å². The van der Waals surface area contributed by atoms with Gasteiger partial charge in [0.2, 0.25) is 0 Å². The van der Waals surface area contributed by atoms with Gasteiger partial charge in [-0.2, -0.15) is 0 Å². The molecule has 0 saturated carbocycles. The van der Waals surface area contributed by atoms with Crippen molar-refractivity contribution < 1.29 is 14.3 Å². The number of benzene rings is 1. The van der Waals surface area contributed by atoms with Crippen LogP contribution in [-0.4, -0.2) is 24.6 Å². The summed E-state index contributed by atoms with van der Waals surface area (Å²) in [6.07, 6.45) is 3.49. The Morgan fingerprint density at radius 2 is 2.05 bits per heavy atom. The van der Waals surface area contributed by atoms with Crippen LogP contribution in [0.1, 0.15) is 15.9 Å². The van der Waals surface area contributed by atoms with Crippen molar-refractivity contribution >= 4 is 34.8 Å². The number of methoxy groups -OCH3 is 1. The van der Waals surface area contributed by atoms with E-state index in [-0.39, 0.29) is 16.0 Å². The molecule has 1 N–H and O–H groups in total. The molecule has 0 aliphatic carbocycles. The van der Waals surface area contributed by atoms with Gasteiger partial charge in [-0.05, 0) is 12.1 Å². The second-order valence-corrected chi connectivity index (χ2v) is 5.47. The SMILES string of the molecule is COc1ccc(C(=O)Nc2c(Cl)cncc2Cl)c2c1OCC2. The number of nitrogens with zero attached hydrogens (tertiary/aromatic N) is 1. The van der Waals surface area contributed by atoms with E-state index in [1.54, 1.807) is 19.2 Å². The Labute approximate surface area is 137 Å². The minimum absolute atomic E-state index is 0.280. The molecule has 1 aromatic heterocycles. The molecule has 5 nitrogen and oxygen atoms in total. The Morgan fingerprint density at radius 3 is 2.73 bits per heavy atom. The molecule has 0 saturated heterocycles. The van der Waals surface area contributed by atoms with Crippen LogP contribution in [0.5, 0.6) is 11.5 Å². The number of anilines is 1. The van der Waals surface area contributed by atoms with Crippen LogP contribution in [0.3, 0.4) is 0 Å². The highest BCUT2D eigenvalue weighted by Crippen LogP contribution is 2.38. The molecule has 1 aliphatic rings. The molecule has 0 unspecified atom stereocenters. The number of nitrogens with one attached hydrogen (secondary N) is 1. The van der Waals surface area contributed by atoms with Crippen molar-refractivity contribution in [1.82, 2.24) is 4.98 Å². The van der Waals surface area contributed by atoms with Crippen molar-refractivity contribution in [2.24, 2.45) is 0 Å². The molecule has 1 aliphatic heterocycles. The van der Waals surface area contributed by atoms with Crippen LogP contribution in [-0.2, 0) is 6.42 Å². The van der Waals surface area contributed by atoms with E-state index in [0.29, 0.717) is 35.8 Å². The zero-order valence-corrected chi connectivity index (χ0v) is 13.2. The molecular formula is C15H12Cl2N2O3. The van der Waals surface area contributed by atoms with Crippen LogP contribution >= 0.6 is 23.2 Å². The van der Waals surface area contributed by atoms with Crippen LogP contribution in [0, 0.1) is 0 Å². The van der Waals surface area contributed by atoms with Crippen molar-refractivity contribution in [2.45, 2.75) is 6.42 Å². The average molecular weight is 339 g/mol. The lowest BCUT2D eigenvalue weighted by molar-refractivity contribution is 0.102. The molecule has 0 bridgehead atoms. The van der Waals surface area contributed by atoms with Crippen molar-refractivity contribution in [2.75, 3.05) is 19.0 Å². The summed E-state index contributed by atoms with van der Waals surface area (Å²) in [5, 5.41) is 3.28. The zero-order valence-electron chi connectivity index (χ0n) is 11.7. The summed E-state index contributed by atoms with van der Waals surface area (Å²) in [5.74, 6) is 0.922. The summed E-state index contributed by atoms with van der Waals surface area (Å²) < 4.78 is 10.8. The first-order valence-electron chi connectivity index (χ1n) is 6.55. The number of ether oxygens (including phenoxy) is 2. The molecule has 0 spiro atoms. The smallest absolute Gasteiger partial charge is 0.256 e. The fourth-order valence-electron chi connectivity index (χ4n) is 2.35. The van der Waals surface area contributed by atoms with Crippen LogP contribution in [0.15, 0.2) is 24.5 Å². The third kappa shape index (κ3) is 2.58. The summed E-state index contributed by atoms with van der Waals surface area (Å²) >= 11 is 12.0. The summed E-state index contributed by atoms with van der Waals surface area (Å²) in [6.45, 7) is 0.521. The fraction of sp³-hybridized carbons (Fsp3) is 0.200. The van der Waals surface area contributed by atoms with Crippen molar-refractivity contribution in [3.63, 3.8) is 0 Å². The third-order valence-corrected chi connectivity index (χ3v) is 3.95. The highest BCUT2D eigenvalue weighted by molar-refractivity contribution is 6.39. The van der Waals surface area contributed by atoms with Crippen molar-refractivity contribution in [3.8, 4) is 11.5 Å². The quantitative estimate of drug-likeness (QED) is 0.928. The van der Waals surface area contributed by atoms with Gasteiger partial charge < -0.3 is 14.8 Å². The predicted molar refractivity (Wildman–Crippen MR) is 84.4 cm³/mol. The number of carbonyl (C=O) groups is 1. The van der Waals surface area contributed by atoms with E-state index >= 15 is 0 Å². The maximum absolute atomic E-state index is 12.5. The molecule has 3 rings (SSSR count). The Balaban J connectivity index is 1.95. The molecule has 22 heavy (non-hydrogen) atoms. The molecule has 2 heterocycles. The second-order valence-electron chi connectivity index (χ2n) is 4.65. The van der Waals surface area contributed by atoms with E-state index in [0.717, 1.165) is 5.56 Å². The number of pyridine rings is 1. The van der Waals surface area contributed by atoms with Crippen LogP contribution in [0.4, 0.5) is 5.69 Å². The normalized spacial score (nSPS) is 12.5. The topological polar surface area (TPSA) is 60.5 Å². The lowest BCUT2D eigenvalue weighted by Crippen LogP contribution is -2.14. The van der Waals surface area contributed by atoms with Gasteiger partial charge in [-0.3, -0.25) is 9.78 Å². The zero-order chi connectivity index (χ0) is 15.7. The standard InChI is InChI=1S/C15H12Cl2N2O3/c1-21-12-3-2-9(8-4-5-22-14(8)12)15(20)19-13-10(16)6-18-7-11(13)17/h2-3,6-7H,4-5H2,1H3,(H,18,19,20). The maximum atomic E-state index is 12.5. The minimum atomic E-state index is -0.306. The highest BCUT2D eigenvalue weighted by atomic mass is 35.5. The van der Waals surface area contributed by atoms with Crippen LogP contribution in [0.25, 0.3) is 0 Å². The maximum Gasteiger partial charge on any atom is 0.256 e. The first kappa shape index (κ1) is 14.9. The van der Waals surface area contributed by atoms with E-state index in [2.05, 4.69) is 10.3 Å². The van der Waals surface area contributed by atoms with Crippen molar-refractivity contribution in [3.05, 3.63) is 45.7 Å². The molecule has 0 radical (unpaired) electrons. The second kappa shape index (κ2) is 6.02. The van der Waals surface area contributed by atoms with Gasteiger partial charge in [0, 0.05) is 29.9 Å². The van der Waals surface area contributed by atoms with Gasteiger partial charge in [-0.15, -0.1) is 0 Å². The average Bonchev–Trinajstić information content (AvgIpc) is 2.99. The number of carbonyl (C=O) groups excluding carboxylic acids is 1.